The third-order valence-corrected chi connectivity index (χ3v) is 6.52. The van der Waals surface area contributed by atoms with Crippen molar-refractivity contribution in [3.63, 3.8) is 0 Å². The average Bonchev–Trinajstić information content (AvgIpc) is 3.53. The summed E-state index contributed by atoms with van der Waals surface area (Å²) in [6, 6.07) is 14.7. The van der Waals surface area contributed by atoms with E-state index >= 15 is 0 Å². The maximum atomic E-state index is 13.1. The summed E-state index contributed by atoms with van der Waals surface area (Å²) in [5.41, 5.74) is 2.09. The Morgan fingerprint density at radius 1 is 1.17 bits per heavy atom. The molecule has 0 bridgehead atoms. The number of furan rings is 2. The van der Waals surface area contributed by atoms with E-state index in [9.17, 15) is 9.59 Å². The number of hydrogen-bond acceptors (Lipinski definition) is 5. The Bertz CT molecular complexity index is 957. The van der Waals surface area contributed by atoms with Crippen LogP contribution in [0, 0.1) is 0 Å². The van der Waals surface area contributed by atoms with Crippen LogP contribution >= 0.6 is 11.8 Å². The monoisotopic (exact) mass is 424 g/mol. The maximum Gasteiger partial charge on any atom is 0.291 e. The lowest BCUT2D eigenvalue weighted by Gasteiger charge is -2.28. The maximum absolute atomic E-state index is 13.1. The van der Waals surface area contributed by atoms with E-state index in [1.165, 1.54) is 11.8 Å². The lowest BCUT2D eigenvalue weighted by Crippen LogP contribution is -2.50. The molecule has 1 N–H and O–H groups in total. The number of nitrogens with one attached hydrogen (secondary N) is 1. The molecule has 1 aliphatic rings. The van der Waals surface area contributed by atoms with Gasteiger partial charge < -0.3 is 19.1 Å². The van der Waals surface area contributed by atoms with Crippen molar-refractivity contribution in [3.05, 3.63) is 84.2 Å². The van der Waals surface area contributed by atoms with Gasteiger partial charge in [0.05, 0.1) is 18.8 Å². The molecule has 0 saturated carbocycles. The van der Waals surface area contributed by atoms with Gasteiger partial charge in [0.2, 0.25) is 5.91 Å². The van der Waals surface area contributed by atoms with E-state index in [0.717, 1.165) is 18.4 Å². The standard InChI is InChI=1S/C23H24N2O4S/c1-16(9-10-17-6-3-2-4-7-17)24-21(26)19-15-30-23(18-11-13-28-14-18)25(19)22(27)20-8-5-12-29-20/h2-8,11-14,16,19,23H,9-10,15H2,1H3,(H,24,26). The van der Waals surface area contributed by atoms with Crippen LogP contribution in [-0.2, 0) is 11.2 Å². The Morgan fingerprint density at radius 2 is 2.00 bits per heavy atom. The summed E-state index contributed by atoms with van der Waals surface area (Å²) in [5, 5.41) is 2.79. The number of carbonyl (C=O) groups excluding carboxylic acids is 2. The molecule has 3 unspecified atom stereocenters. The van der Waals surface area contributed by atoms with Crippen molar-refractivity contribution in [1.82, 2.24) is 10.2 Å². The fraction of sp³-hybridized carbons (Fsp3) is 0.304. The van der Waals surface area contributed by atoms with Crippen molar-refractivity contribution >= 4 is 23.6 Å². The Morgan fingerprint density at radius 3 is 2.70 bits per heavy atom. The third-order valence-electron chi connectivity index (χ3n) is 5.20. The summed E-state index contributed by atoms with van der Waals surface area (Å²) < 4.78 is 10.5. The minimum absolute atomic E-state index is 0.00348. The normalized spacial score (nSPS) is 19.6. The molecule has 156 valence electrons. The number of aryl methyl sites for hydroxylation is 1. The molecule has 7 heteroatoms. The first kappa shape index (κ1) is 20.3. The zero-order chi connectivity index (χ0) is 20.9. The minimum Gasteiger partial charge on any atom is -0.472 e. The summed E-state index contributed by atoms with van der Waals surface area (Å²) in [7, 11) is 0. The lowest BCUT2D eigenvalue weighted by atomic mass is 10.1. The van der Waals surface area contributed by atoms with E-state index in [2.05, 4.69) is 17.4 Å². The third kappa shape index (κ3) is 4.46. The fourth-order valence-corrected chi connectivity index (χ4v) is 5.00. The summed E-state index contributed by atoms with van der Waals surface area (Å²) in [6.45, 7) is 2.00. The molecular weight excluding hydrogens is 400 g/mol. The Labute approximate surface area is 179 Å². The zero-order valence-corrected chi connectivity index (χ0v) is 17.5. The first-order valence-corrected chi connectivity index (χ1v) is 11.0. The number of nitrogens with zero attached hydrogens (tertiary/aromatic N) is 1. The number of carbonyl (C=O) groups is 2. The van der Waals surface area contributed by atoms with Crippen LogP contribution < -0.4 is 5.32 Å². The smallest absolute Gasteiger partial charge is 0.291 e. The first-order chi connectivity index (χ1) is 14.6. The minimum atomic E-state index is -0.577. The van der Waals surface area contributed by atoms with Crippen LogP contribution in [-0.4, -0.2) is 34.6 Å². The van der Waals surface area contributed by atoms with Crippen LogP contribution in [0.2, 0.25) is 0 Å². The van der Waals surface area contributed by atoms with Gasteiger partial charge in [-0.3, -0.25) is 9.59 Å². The highest BCUT2D eigenvalue weighted by atomic mass is 32.2. The summed E-state index contributed by atoms with van der Waals surface area (Å²) in [5.74, 6) is 0.294. The highest BCUT2D eigenvalue weighted by molar-refractivity contribution is 7.99. The Hall–Kier alpha value is -2.93. The molecule has 3 atom stereocenters. The van der Waals surface area contributed by atoms with Gasteiger partial charge in [0.15, 0.2) is 5.76 Å². The van der Waals surface area contributed by atoms with Gasteiger partial charge in [0, 0.05) is 17.4 Å². The SMILES string of the molecule is CC(CCc1ccccc1)NC(=O)C1CSC(c2ccoc2)N1C(=O)c1ccco1. The molecule has 30 heavy (non-hydrogen) atoms. The molecule has 1 aliphatic heterocycles. The molecule has 0 aliphatic carbocycles. The van der Waals surface area contributed by atoms with E-state index in [0.29, 0.717) is 5.75 Å². The lowest BCUT2D eigenvalue weighted by molar-refractivity contribution is -0.125. The van der Waals surface area contributed by atoms with Gasteiger partial charge in [-0.15, -0.1) is 11.8 Å². The van der Waals surface area contributed by atoms with Crippen molar-refractivity contribution < 1.29 is 18.4 Å². The molecule has 2 aromatic heterocycles. The van der Waals surface area contributed by atoms with Gasteiger partial charge >= 0.3 is 0 Å². The zero-order valence-electron chi connectivity index (χ0n) is 16.7. The molecule has 1 aromatic carbocycles. The predicted octanol–water partition coefficient (Wildman–Crippen LogP) is 4.27. The van der Waals surface area contributed by atoms with E-state index in [4.69, 9.17) is 8.83 Å². The van der Waals surface area contributed by atoms with Gasteiger partial charge in [-0.25, -0.2) is 0 Å². The van der Waals surface area contributed by atoms with E-state index in [1.54, 1.807) is 41.3 Å². The molecule has 0 spiro atoms. The Balaban J connectivity index is 1.45. The summed E-state index contributed by atoms with van der Waals surface area (Å²) in [6.07, 6.45) is 6.36. The average molecular weight is 425 g/mol. The number of amides is 2. The Kier molecular flexibility index (Phi) is 6.28. The highest BCUT2D eigenvalue weighted by Gasteiger charge is 2.43. The topological polar surface area (TPSA) is 75.7 Å². The van der Waals surface area contributed by atoms with Crippen molar-refractivity contribution in [1.29, 1.82) is 0 Å². The van der Waals surface area contributed by atoms with Crippen molar-refractivity contribution in [2.45, 2.75) is 37.2 Å². The quantitative estimate of drug-likeness (QED) is 0.613. The molecule has 0 radical (unpaired) electrons. The largest absolute Gasteiger partial charge is 0.472 e. The molecule has 4 rings (SSSR count). The van der Waals surface area contributed by atoms with Crippen LogP contribution in [0.25, 0.3) is 0 Å². The second-order valence-corrected chi connectivity index (χ2v) is 8.49. The van der Waals surface area contributed by atoms with E-state index in [1.807, 2.05) is 31.2 Å². The number of benzene rings is 1. The fourth-order valence-electron chi connectivity index (χ4n) is 3.60. The van der Waals surface area contributed by atoms with Crippen LogP contribution in [0.5, 0.6) is 0 Å². The summed E-state index contributed by atoms with van der Waals surface area (Å²) in [4.78, 5) is 27.8. The van der Waals surface area contributed by atoms with Gasteiger partial charge in [-0.2, -0.15) is 0 Å². The molecule has 3 aromatic rings. The van der Waals surface area contributed by atoms with Gasteiger partial charge in [0.25, 0.3) is 5.91 Å². The van der Waals surface area contributed by atoms with Crippen molar-refractivity contribution in [2.24, 2.45) is 0 Å². The molecular formula is C23H24N2O4S. The molecule has 1 fully saturated rings. The van der Waals surface area contributed by atoms with E-state index in [-0.39, 0.29) is 29.0 Å². The number of rotatable bonds is 7. The number of thioether (sulfide) groups is 1. The first-order valence-electron chi connectivity index (χ1n) is 9.97. The van der Waals surface area contributed by atoms with Crippen LogP contribution in [0.3, 0.4) is 0 Å². The molecule has 1 saturated heterocycles. The van der Waals surface area contributed by atoms with E-state index < -0.39 is 6.04 Å². The highest BCUT2D eigenvalue weighted by Crippen LogP contribution is 2.42. The summed E-state index contributed by atoms with van der Waals surface area (Å²) >= 11 is 1.55. The van der Waals surface area contributed by atoms with Crippen LogP contribution in [0.4, 0.5) is 0 Å². The second-order valence-electron chi connectivity index (χ2n) is 7.38. The van der Waals surface area contributed by atoms with Crippen molar-refractivity contribution in [3.8, 4) is 0 Å². The van der Waals surface area contributed by atoms with Gasteiger partial charge in [-0.1, -0.05) is 30.3 Å². The second kappa shape index (κ2) is 9.26. The van der Waals surface area contributed by atoms with Gasteiger partial charge in [-0.05, 0) is 43.5 Å². The molecule has 6 nitrogen and oxygen atoms in total. The molecule has 2 amide bonds. The van der Waals surface area contributed by atoms with Crippen LogP contribution in [0.1, 0.15) is 40.4 Å². The van der Waals surface area contributed by atoms with Gasteiger partial charge in [0.1, 0.15) is 11.4 Å². The van der Waals surface area contributed by atoms with Crippen LogP contribution in [0.15, 0.2) is 76.2 Å². The number of hydrogen-bond donors (Lipinski definition) is 1. The van der Waals surface area contributed by atoms with Crippen molar-refractivity contribution in [2.75, 3.05) is 5.75 Å². The predicted molar refractivity (Wildman–Crippen MR) is 115 cm³/mol. The molecule has 3 heterocycles.